The van der Waals surface area contributed by atoms with Crippen molar-refractivity contribution in [2.24, 2.45) is 5.73 Å². The van der Waals surface area contributed by atoms with Crippen LogP contribution in [0.1, 0.15) is 0 Å². The molecule has 0 aliphatic rings. The number of hydrogen-bond acceptors (Lipinski definition) is 5. The molecule has 0 aromatic carbocycles. The number of aliphatic carboxylic acids is 1. The Morgan fingerprint density at radius 1 is 1.55 bits per heavy atom. The van der Waals surface area contributed by atoms with E-state index in [2.05, 4.69) is 12.6 Å². The number of carboxylic acids is 1. The van der Waals surface area contributed by atoms with Crippen LogP contribution in [0.2, 0.25) is 0 Å². The Hall–Kier alpha value is -0.790. The highest BCUT2D eigenvalue weighted by Gasteiger charge is 2.17. The first-order valence-corrected chi connectivity index (χ1v) is 3.11. The summed E-state index contributed by atoms with van der Waals surface area (Å²) in [5.74, 6) is -2.39. The molecule has 64 valence electrons. The van der Waals surface area contributed by atoms with Crippen LogP contribution >= 0.6 is 12.6 Å². The van der Waals surface area contributed by atoms with Crippen LogP contribution < -0.4 is 11.1 Å². The van der Waals surface area contributed by atoms with Crippen LogP contribution in [0.25, 0.3) is 0 Å². The smallest absolute Gasteiger partial charge is 0.353 e. The predicted molar refractivity (Wildman–Crippen MR) is 38.7 cm³/mol. The van der Waals surface area contributed by atoms with Gasteiger partial charge in [0, 0.05) is 0 Å². The maximum Gasteiger partial charge on any atom is 0.353 e. The van der Waals surface area contributed by atoms with Crippen LogP contribution in [0.15, 0.2) is 0 Å². The van der Waals surface area contributed by atoms with Gasteiger partial charge in [-0.3, -0.25) is 4.79 Å². The van der Waals surface area contributed by atoms with E-state index in [-0.39, 0.29) is 0 Å². The Balaban J connectivity index is 3.85. The molecule has 0 spiro atoms. The number of carboxylic acid groups (broad SMARTS) is 1. The van der Waals surface area contributed by atoms with Crippen molar-refractivity contribution in [2.45, 2.75) is 11.6 Å². The third-order valence-electron chi connectivity index (χ3n) is 0.782. The van der Waals surface area contributed by atoms with Gasteiger partial charge in [-0.1, -0.05) is 0 Å². The molecule has 11 heavy (non-hydrogen) atoms. The van der Waals surface area contributed by atoms with E-state index in [1.165, 1.54) is 0 Å². The van der Waals surface area contributed by atoms with Gasteiger partial charge in [-0.25, -0.2) is 4.79 Å². The molecule has 0 heterocycles. The Labute approximate surface area is 67.8 Å². The molecule has 0 fully saturated rings. The van der Waals surface area contributed by atoms with Gasteiger partial charge in [-0.05, 0) is 0 Å². The summed E-state index contributed by atoms with van der Waals surface area (Å²) in [6.45, 7) is 0. The quantitative estimate of drug-likeness (QED) is 0.248. The van der Waals surface area contributed by atoms with Crippen molar-refractivity contribution in [1.29, 1.82) is 0 Å². The van der Waals surface area contributed by atoms with Crippen molar-refractivity contribution in [3.8, 4) is 0 Å². The zero-order valence-corrected chi connectivity index (χ0v) is 6.28. The van der Waals surface area contributed by atoms with E-state index in [4.69, 9.17) is 15.9 Å². The summed E-state index contributed by atoms with van der Waals surface area (Å²) in [5.41, 5.74) is 4.93. The molecule has 1 amide bonds. The van der Waals surface area contributed by atoms with E-state index >= 15 is 0 Å². The molecule has 2 atom stereocenters. The van der Waals surface area contributed by atoms with E-state index in [1.807, 2.05) is 0 Å². The standard InChI is InChI=1S/C4H8N2O4S/c5-1(11)2(7)6-3(8)4(9)10/h1,3,8,11H,5H2,(H,6,7)(H,9,10). The van der Waals surface area contributed by atoms with Crippen LogP contribution in [0.3, 0.4) is 0 Å². The fraction of sp³-hybridized carbons (Fsp3) is 0.500. The van der Waals surface area contributed by atoms with Crippen LogP contribution in [0.4, 0.5) is 0 Å². The third kappa shape index (κ3) is 3.81. The van der Waals surface area contributed by atoms with E-state index in [9.17, 15) is 9.59 Å². The number of nitrogens with one attached hydrogen (secondary N) is 1. The summed E-state index contributed by atoms with van der Waals surface area (Å²) >= 11 is 3.50. The summed E-state index contributed by atoms with van der Waals surface area (Å²) in [4.78, 5) is 20.4. The van der Waals surface area contributed by atoms with Crippen LogP contribution in [-0.2, 0) is 9.59 Å². The van der Waals surface area contributed by atoms with Gasteiger partial charge in [0.25, 0.3) is 0 Å². The molecule has 0 radical (unpaired) electrons. The lowest BCUT2D eigenvalue weighted by atomic mass is 10.5. The molecule has 5 N–H and O–H groups in total. The average Bonchev–Trinajstić information content (AvgIpc) is 1.87. The van der Waals surface area contributed by atoms with Gasteiger partial charge in [0.15, 0.2) is 0 Å². The largest absolute Gasteiger partial charge is 0.478 e. The summed E-state index contributed by atoms with van der Waals surface area (Å²) in [6, 6.07) is 0. The van der Waals surface area contributed by atoms with Crippen molar-refractivity contribution in [3.63, 3.8) is 0 Å². The molecule has 0 aliphatic heterocycles. The minimum atomic E-state index is -1.93. The average molecular weight is 180 g/mol. The Kier molecular flexibility index (Phi) is 3.86. The fourth-order valence-electron chi connectivity index (χ4n) is 0.282. The molecule has 0 aromatic heterocycles. The number of carbonyl (C=O) groups excluding carboxylic acids is 1. The molecule has 0 rings (SSSR count). The lowest BCUT2D eigenvalue weighted by molar-refractivity contribution is -0.151. The van der Waals surface area contributed by atoms with E-state index in [1.54, 1.807) is 5.32 Å². The summed E-state index contributed by atoms with van der Waals surface area (Å²) < 4.78 is 0. The SMILES string of the molecule is NC(S)C(=O)NC(O)C(=O)O. The summed E-state index contributed by atoms with van der Waals surface area (Å²) in [6.07, 6.45) is -1.93. The van der Waals surface area contributed by atoms with Crippen molar-refractivity contribution in [3.05, 3.63) is 0 Å². The van der Waals surface area contributed by atoms with E-state index < -0.39 is 23.5 Å². The van der Waals surface area contributed by atoms with E-state index in [0.29, 0.717) is 0 Å². The number of hydrogen-bond donors (Lipinski definition) is 5. The lowest BCUT2D eigenvalue weighted by Gasteiger charge is -2.09. The van der Waals surface area contributed by atoms with Gasteiger partial charge in [0.05, 0.1) is 0 Å². The van der Waals surface area contributed by atoms with Crippen molar-refractivity contribution in [1.82, 2.24) is 5.32 Å². The number of rotatable bonds is 3. The van der Waals surface area contributed by atoms with Crippen molar-refractivity contribution in [2.75, 3.05) is 0 Å². The zero-order valence-electron chi connectivity index (χ0n) is 5.39. The number of aliphatic hydroxyl groups is 1. The molecule has 0 aromatic rings. The number of amides is 1. The molecule has 2 unspecified atom stereocenters. The highest BCUT2D eigenvalue weighted by molar-refractivity contribution is 7.81. The first kappa shape index (κ1) is 10.2. The Morgan fingerprint density at radius 3 is 2.27 bits per heavy atom. The molecular formula is C4H8N2O4S. The summed E-state index contributed by atoms with van der Waals surface area (Å²) in [7, 11) is 0. The van der Waals surface area contributed by atoms with Crippen LogP contribution in [-0.4, -0.2) is 33.7 Å². The van der Waals surface area contributed by atoms with Gasteiger partial charge in [0.1, 0.15) is 5.37 Å². The predicted octanol–water partition coefficient (Wildman–Crippen LogP) is -2.28. The molecule has 6 nitrogen and oxygen atoms in total. The Morgan fingerprint density at radius 2 is 2.00 bits per heavy atom. The first-order chi connectivity index (χ1) is 4.95. The highest BCUT2D eigenvalue weighted by Crippen LogP contribution is 1.85. The van der Waals surface area contributed by atoms with Gasteiger partial charge < -0.3 is 21.3 Å². The molecule has 0 bridgehead atoms. The number of aliphatic hydroxyl groups excluding tert-OH is 1. The topological polar surface area (TPSA) is 113 Å². The second-order valence-corrected chi connectivity index (χ2v) is 2.25. The molecule has 0 saturated heterocycles. The van der Waals surface area contributed by atoms with Gasteiger partial charge in [0.2, 0.25) is 12.1 Å². The summed E-state index contributed by atoms with van der Waals surface area (Å²) in [5, 5.41) is 17.2. The maximum absolute atomic E-state index is 10.5. The van der Waals surface area contributed by atoms with Gasteiger partial charge >= 0.3 is 5.97 Å². The van der Waals surface area contributed by atoms with Gasteiger partial charge in [-0.15, -0.1) is 0 Å². The Bertz CT molecular complexity index is 171. The minimum Gasteiger partial charge on any atom is -0.478 e. The van der Waals surface area contributed by atoms with Crippen LogP contribution in [0, 0.1) is 0 Å². The second kappa shape index (κ2) is 4.16. The van der Waals surface area contributed by atoms with Crippen molar-refractivity contribution < 1.29 is 19.8 Å². The maximum atomic E-state index is 10.5. The lowest BCUT2D eigenvalue weighted by Crippen LogP contribution is -2.46. The zero-order chi connectivity index (χ0) is 9.02. The number of nitrogens with two attached hydrogens (primary N) is 1. The number of carbonyl (C=O) groups is 2. The highest BCUT2D eigenvalue weighted by atomic mass is 32.1. The van der Waals surface area contributed by atoms with E-state index in [0.717, 1.165) is 0 Å². The third-order valence-corrected chi connectivity index (χ3v) is 1.02. The monoisotopic (exact) mass is 180 g/mol. The normalized spacial score (nSPS) is 15.2. The molecule has 7 heteroatoms. The minimum absolute atomic E-state index is 0.844. The first-order valence-electron chi connectivity index (χ1n) is 2.60. The number of thiol groups is 1. The fourth-order valence-corrected chi connectivity index (χ4v) is 0.356. The van der Waals surface area contributed by atoms with Crippen molar-refractivity contribution >= 4 is 24.5 Å². The second-order valence-electron chi connectivity index (χ2n) is 1.69. The van der Waals surface area contributed by atoms with Crippen LogP contribution in [0.5, 0.6) is 0 Å². The van der Waals surface area contributed by atoms with Gasteiger partial charge in [-0.2, -0.15) is 12.6 Å². The molecular weight excluding hydrogens is 172 g/mol. The molecule has 0 saturated carbocycles. The molecule has 0 aliphatic carbocycles.